The van der Waals surface area contributed by atoms with Crippen LogP contribution < -0.4 is 16.0 Å². The van der Waals surface area contributed by atoms with E-state index in [9.17, 15) is 9.59 Å². The maximum atomic E-state index is 12.1. The van der Waals surface area contributed by atoms with Crippen LogP contribution in [0.1, 0.15) is 30.1 Å². The highest BCUT2D eigenvalue weighted by Crippen LogP contribution is 2.22. The molecule has 0 saturated heterocycles. The summed E-state index contributed by atoms with van der Waals surface area (Å²) in [6.45, 7) is 2.75. The molecule has 7 heteroatoms. The maximum absolute atomic E-state index is 12.1. The highest BCUT2D eigenvalue weighted by atomic mass is 35.5. The number of amides is 2. The van der Waals surface area contributed by atoms with Gasteiger partial charge >= 0.3 is 0 Å². The molecule has 0 bridgehead atoms. The summed E-state index contributed by atoms with van der Waals surface area (Å²) in [5.74, 6) is -0.397. The fraction of sp³-hybridized carbons (Fsp3) is 0.263. The first-order chi connectivity index (χ1) is 12.5. The van der Waals surface area contributed by atoms with Crippen LogP contribution in [-0.4, -0.2) is 24.9 Å². The first-order valence-corrected chi connectivity index (χ1v) is 9.11. The van der Waals surface area contributed by atoms with Gasteiger partial charge in [-0.05, 0) is 42.8 Å². The lowest BCUT2D eigenvalue weighted by Gasteiger charge is -2.10. The molecule has 0 aliphatic rings. The van der Waals surface area contributed by atoms with Crippen LogP contribution >= 0.6 is 23.2 Å². The van der Waals surface area contributed by atoms with E-state index in [1.807, 2.05) is 0 Å². The van der Waals surface area contributed by atoms with E-state index in [1.54, 1.807) is 42.5 Å². The molecular weight excluding hydrogens is 373 g/mol. The van der Waals surface area contributed by atoms with Crippen molar-refractivity contribution >= 4 is 46.4 Å². The van der Waals surface area contributed by atoms with Crippen LogP contribution in [0, 0.1) is 0 Å². The molecule has 2 rings (SSSR count). The summed E-state index contributed by atoms with van der Waals surface area (Å²) in [4.78, 5) is 24.2. The largest absolute Gasteiger partial charge is 0.376 e. The summed E-state index contributed by atoms with van der Waals surface area (Å²) >= 11 is 11.8. The molecule has 0 heterocycles. The van der Waals surface area contributed by atoms with E-state index in [2.05, 4.69) is 22.9 Å². The highest BCUT2D eigenvalue weighted by molar-refractivity contribution is 6.35. The van der Waals surface area contributed by atoms with E-state index in [0.29, 0.717) is 33.5 Å². The van der Waals surface area contributed by atoms with Crippen molar-refractivity contribution in [1.82, 2.24) is 5.32 Å². The van der Waals surface area contributed by atoms with Crippen molar-refractivity contribution in [2.24, 2.45) is 0 Å². The number of rotatable bonds is 8. The molecule has 2 aromatic carbocycles. The molecule has 26 heavy (non-hydrogen) atoms. The van der Waals surface area contributed by atoms with Gasteiger partial charge in [-0.15, -0.1) is 0 Å². The van der Waals surface area contributed by atoms with Gasteiger partial charge in [-0.3, -0.25) is 9.59 Å². The summed E-state index contributed by atoms with van der Waals surface area (Å²) in [6.07, 6.45) is 1.95. The minimum absolute atomic E-state index is 0.0452. The van der Waals surface area contributed by atoms with Crippen LogP contribution in [0.2, 0.25) is 10.0 Å². The summed E-state index contributed by atoms with van der Waals surface area (Å²) in [6, 6.07) is 11.8. The second-order valence-electron chi connectivity index (χ2n) is 5.75. The molecule has 138 valence electrons. The van der Waals surface area contributed by atoms with Gasteiger partial charge in [-0.2, -0.15) is 0 Å². The third-order valence-electron chi connectivity index (χ3n) is 3.54. The molecular formula is C19H21Cl2N3O2. The number of nitrogens with one attached hydrogen (secondary N) is 3. The van der Waals surface area contributed by atoms with Crippen LogP contribution in [0.4, 0.5) is 11.4 Å². The standard InChI is InChI=1S/C19H21Cl2N3O2/c1-2-3-7-22-19(26)13-5-4-6-16(8-13)24-18(25)12-23-17-10-14(20)9-15(21)11-17/h4-6,8-11,23H,2-3,7,12H2,1H3,(H,22,26)(H,24,25). The topological polar surface area (TPSA) is 70.2 Å². The normalized spacial score (nSPS) is 10.3. The molecule has 0 spiro atoms. The first kappa shape index (κ1) is 20.1. The Morgan fingerprint density at radius 3 is 2.42 bits per heavy atom. The van der Waals surface area contributed by atoms with Crippen molar-refractivity contribution in [1.29, 1.82) is 0 Å². The zero-order chi connectivity index (χ0) is 18.9. The van der Waals surface area contributed by atoms with E-state index in [1.165, 1.54) is 0 Å². The minimum atomic E-state index is -0.246. The summed E-state index contributed by atoms with van der Waals surface area (Å²) in [5.41, 5.74) is 1.72. The van der Waals surface area contributed by atoms with E-state index in [0.717, 1.165) is 12.8 Å². The van der Waals surface area contributed by atoms with Gasteiger partial charge in [-0.25, -0.2) is 0 Å². The van der Waals surface area contributed by atoms with E-state index >= 15 is 0 Å². The Kier molecular flexibility index (Phi) is 7.75. The predicted octanol–water partition coefficient (Wildman–Crippen LogP) is 4.57. The third kappa shape index (κ3) is 6.58. The molecule has 0 radical (unpaired) electrons. The monoisotopic (exact) mass is 393 g/mol. The van der Waals surface area contributed by atoms with Crippen molar-refractivity contribution in [3.05, 3.63) is 58.1 Å². The molecule has 0 aliphatic heterocycles. The highest BCUT2D eigenvalue weighted by Gasteiger charge is 2.08. The molecule has 5 nitrogen and oxygen atoms in total. The quantitative estimate of drug-likeness (QED) is 0.575. The van der Waals surface area contributed by atoms with Gasteiger partial charge in [0.05, 0.1) is 6.54 Å². The van der Waals surface area contributed by atoms with Gasteiger partial charge < -0.3 is 16.0 Å². The Bertz CT molecular complexity index is 761. The van der Waals surface area contributed by atoms with Crippen LogP contribution in [0.25, 0.3) is 0 Å². The van der Waals surface area contributed by atoms with Gasteiger partial charge in [0.1, 0.15) is 0 Å². The Balaban J connectivity index is 1.90. The number of halogens is 2. The van der Waals surface area contributed by atoms with Crippen LogP contribution in [0.5, 0.6) is 0 Å². The van der Waals surface area contributed by atoms with Crippen molar-refractivity contribution in [2.45, 2.75) is 19.8 Å². The van der Waals surface area contributed by atoms with Gasteiger partial charge in [-0.1, -0.05) is 42.6 Å². The van der Waals surface area contributed by atoms with Crippen LogP contribution in [0.15, 0.2) is 42.5 Å². The minimum Gasteiger partial charge on any atom is -0.376 e. The van der Waals surface area contributed by atoms with Crippen molar-refractivity contribution < 1.29 is 9.59 Å². The molecule has 0 aromatic heterocycles. The molecule has 0 unspecified atom stereocenters. The third-order valence-corrected chi connectivity index (χ3v) is 3.98. The van der Waals surface area contributed by atoms with E-state index < -0.39 is 0 Å². The Hall–Kier alpha value is -2.24. The summed E-state index contributed by atoms with van der Waals surface area (Å²) in [5, 5.41) is 9.54. The van der Waals surface area contributed by atoms with Crippen LogP contribution in [0.3, 0.4) is 0 Å². The zero-order valence-electron chi connectivity index (χ0n) is 14.4. The number of hydrogen-bond acceptors (Lipinski definition) is 3. The fourth-order valence-electron chi connectivity index (χ4n) is 2.26. The number of benzene rings is 2. The lowest BCUT2D eigenvalue weighted by atomic mass is 10.2. The molecule has 3 N–H and O–H groups in total. The summed E-state index contributed by atoms with van der Waals surface area (Å²) in [7, 11) is 0. The number of carbonyl (C=O) groups is 2. The second kappa shape index (κ2) is 10.0. The van der Waals surface area contributed by atoms with Crippen LogP contribution in [-0.2, 0) is 4.79 Å². The predicted molar refractivity (Wildman–Crippen MR) is 107 cm³/mol. The molecule has 2 amide bonds. The van der Waals surface area contributed by atoms with Crippen molar-refractivity contribution in [3.63, 3.8) is 0 Å². The SMILES string of the molecule is CCCCNC(=O)c1cccc(NC(=O)CNc2cc(Cl)cc(Cl)c2)c1. The average Bonchev–Trinajstić information content (AvgIpc) is 2.59. The number of unbranched alkanes of at least 4 members (excludes halogenated alkanes) is 1. The van der Waals surface area contributed by atoms with Gasteiger partial charge in [0.15, 0.2) is 0 Å². The Morgan fingerprint density at radius 1 is 1.00 bits per heavy atom. The average molecular weight is 394 g/mol. The van der Waals surface area contributed by atoms with Crippen molar-refractivity contribution in [3.8, 4) is 0 Å². The maximum Gasteiger partial charge on any atom is 0.251 e. The molecule has 0 fully saturated rings. The van der Waals surface area contributed by atoms with Crippen molar-refractivity contribution in [2.75, 3.05) is 23.7 Å². The Morgan fingerprint density at radius 2 is 1.73 bits per heavy atom. The Labute approximate surface area is 163 Å². The molecule has 0 aliphatic carbocycles. The lowest BCUT2D eigenvalue weighted by molar-refractivity contribution is -0.114. The first-order valence-electron chi connectivity index (χ1n) is 8.36. The van der Waals surface area contributed by atoms with Gasteiger partial charge in [0.2, 0.25) is 5.91 Å². The van der Waals surface area contributed by atoms with E-state index in [-0.39, 0.29) is 18.4 Å². The lowest BCUT2D eigenvalue weighted by Crippen LogP contribution is -2.25. The molecule has 2 aromatic rings. The van der Waals surface area contributed by atoms with Gasteiger partial charge in [0.25, 0.3) is 5.91 Å². The summed E-state index contributed by atoms with van der Waals surface area (Å²) < 4.78 is 0. The molecule has 0 saturated carbocycles. The number of anilines is 2. The fourth-order valence-corrected chi connectivity index (χ4v) is 2.79. The number of hydrogen-bond donors (Lipinski definition) is 3. The second-order valence-corrected chi connectivity index (χ2v) is 6.62. The zero-order valence-corrected chi connectivity index (χ0v) is 16.0. The van der Waals surface area contributed by atoms with E-state index in [4.69, 9.17) is 23.2 Å². The smallest absolute Gasteiger partial charge is 0.251 e. The number of carbonyl (C=O) groups excluding carboxylic acids is 2. The van der Waals surface area contributed by atoms with Gasteiger partial charge in [0, 0.05) is 33.5 Å². The molecule has 0 atom stereocenters.